The molecule has 0 amide bonds. The van der Waals surface area contributed by atoms with Gasteiger partial charge in [-0.1, -0.05) is 36.4 Å². The summed E-state index contributed by atoms with van der Waals surface area (Å²) in [5.74, 6) is -4.80. The van der Waals surface area contributed by atoms with Crippen LogP contribution in [0.3, 0.4) is 0 Å². The zero-order valence-electron chi connectivity index (χ0n) is 25.2. The van der Waals surface area contributed by atoms with Crippen molar-refractivity contribution in [2.24, 2.45) is 11.0 Å². The average Bonchev–Trinajstić information content (AvgIpc) is 3.35. The number of carbonyl (C=O) groups is 1. The Hall–Kier alpha value is -4.34. The molecule has 258 valence electrons. The molecule has 48 heavy (non-hydrogen) atoms. The van der Waals surface area contributed by atoms with E-state index in [9.17, 15) is 49.4 Å². The minimum atomic E-state index is -5.08. The van der Waals surface area contributed by atoms with Gasteiger partial charge in [-0.25, -0.2) is 9.99 Å². The minimum Gasteiger partial charge on any atom is -0.488 e. The molecule has 1 saturated heterocycles. The predicted octanol–water partition coefficient (Wildman–Crippen LogP) is 7.92. The van der Waals surface area contributed by atoms with Crippen LogP contribution in [0.2, 0.25) is 0 Å². The fourth-order valence-electron chi connectivity index (χ4n) is 5.74. The van der Waals surface area contributed by atoms with E-state index in [1.54, 1.807) is 24.3 Å². The maximum Gasteiger partial charge on any atom is 0.419 e. The Morgan fingerprint density at radius 3 is 2.23 bits per heavy atom. The van der Waals surface area contributed by atoms with E-state index in [2.05, 4.69) is 10.1 Å². The topological polar surface area (TPSA) is 78.3 Å². The van der Waals surface area contributed by atoms with Crippen LogP contribution in [0.1, 0.15) is 42.4 Å². The zero-order valence-corrected chi connectivity index (χ0v) is 25.2. The number of carboxylic acid groups (broad SMARTS) is 1. The van der Waals surface area contributed by atoms with E-state index in [1.165, 1.54) is 18.2 Å². The molecule has 2 unspecified atom stereocenters. The lowest BCUT2D eigenvalue weighted by molar-refractivity contribution is -0.194. The molecule has 16 heteroatoms. The van der Waals surface area contributed by atoms with Crippen molar-refractivity contribution >= 4 is 18.0 Å². The van der Waals surface area contributed by atoms with Crippen molar-refractivity contribution in [3.8, 4) is 17.0 Å². The summed E-state index contributed by atoms with van der Waals surface area (Å²) in [5.41, 5.74) is -3.09. The van der Waals surface area contributed by atoms with Crippen LogP contribution < -0.4 is 9.75 Å². The van der Waals surface area contributed by atoms with Gasteiger partial charge in [-0.05, 0) is 55.3 Å². The van der Waals surface area contributed by atoms with Crippen molar-refractivity contribution in [3.05, 3.63) is 77.4 Å². The molecule has 2 aliphatic rings. The highest BCUT2D eigenvalue weighted by Gasteiger charge is 2.65. The first-order valence-electron chi connectivity index (χ1n) is 14.7. The van der Waals surface area contributed by atoms with Gasteiger partial charge in [0.1, 0.15) is 24.1 Å². The number of carboxylic acids is 1. The molecule has 5 rings (SSSR count). The second kappa shape index (κ2) is 12.9. The summed E-state index contributed by atoms with van der Waals surface area (Å²) in [6, 6.07) is 13.7. The lowest BCUT2D eigenvalue weighted by Gasteiger charge is -2.39. The maximum absolute atomic E-state index is 14.2. The average molecular weight is 689 g/mol. The summed E-state index contributed by atoms with van der Waals surface area (Å²) in [5, 5.41) is 13.5. The Morgan fingerprint density at radius 1 is 0.958 bits per heavy atom. The number of alkyl halides is 9. The van der Waals surface area contributed by atoms with Gasteiger partial charge >= 0.3 is 24.5 Å². The molecule has 2 aliphatic heterocycles. The third-order valence-electron chi connectivity index (χ3n) is 8.49. The van der Waals surface area contributed by atoms with Crippen molar-refractivity contribution in [3.63, 3.8) is 0 Å². The molecular weight excluding hydrogens is 659 g/mol. The number of likely N-dealkylation sites (tertiary alicyclic amines) is 1. The summed E-state index contributed by atoms with van der Waals surface area (Å²) in [7, 11) is 0. The fourth-order valence-corrected chi connectivity index (χ4v) is 5.74. The van der Waals surface area contributed by atoms with E-state index in [0.29, 0.717) is 43.3 Å². The Balaban J connectivity index is 1.35. The number of benzene rings is 2. The Kier molecular flexibility index (Phi) is 9.43. The second-order valence-corrected chi connectivity index (χ2v) is 11.8. The van der Waals surface area contributed by atoms with E-state index >= 15 is 0 Å². The van der Waals surface area contributed by atoms with Crippen LogP contribution in [-0.4, -0.2) is 64.7 Å². The summed E-state index contributed by atoms with van der Waals surface area (Å²) in [4.78, 5) is 17.7. The zero-order chi connectivity index (χ0) is 35.1. The van der Waals surface area contributed by atoms with Crippen molar-refractivity contribution in [1.82, 2.24) is 9.88 Å². The third kappa shape index (κ3) is 7.22. The molecule has 1 aromatic heterocycles. The SMILES string of the molecule is CC1(C(F)(F)F)C(C(=O)O)C=NN1c1cccc(-c2cccc(C(F)(F)F)c2OCc2ccc(C3CN(CCCC(F)(F)F)C3)cc2)n1. The molecule has 1 fully saturated rings. The number of anilines is 1. The summed E-state index contributed by atoms with van der Waals surface area (Å²) < 4.78 is 128. The molecular formula is C32H29F9N4O3. The monoisotopic (exact) mass is 688 g/mol. The standard InChI is InChI=1S/C32H29F9N4O3/c1-29(32(39,40)41)24(28(46)47)15-42-45(29)26-8-3-7-25(43-26)22-5-2-6-23(31(36,37)38)27(22)48-18-19-9-11-20(12-10-19)21-16-44(17-21)14-4-13-30(33,34)35/h2-3,5-12,15,21,24H,4,13-14,16-18H2,1H3,(H,46,47). The molecule has 0 radical (unpaired) electrons. The van der Waals surface area contributed by atoms with Gasteiger partial charge in [0.2, 0.25) is 0 Å². The van der Waals surface area contributed by atoms with E-state index < -0.39 is 59.5 Å². The van der Waals surface area contributed by atoms with E-state index in [1.807, 2.05) is 4.90 Å². The summed E-state index contributed by atoms with van der Waals surface area (Å²) >= 11 is 0. The number of hydrazone groups is 1. The largest absolute Gasteiger partial charge is 0.488 e. The van der Waals surface area contributed by atoms with Gasteiger partial charge in [0.25, 0.3) is 0 Å². The van der Waals surface area contributed by atoms with Gasteiger partial charge in [-0.2, -0.15) is 44.6 Å². The molecule has 0 aliphatic carbocycles. The van der Waals surface area contributed by atoms with Gasteiger partial charge in [0, 0.05) is 37.2 Å². The number of aliphatic carboxylic acids is 1. The number of hydrogen-bond donors (Lipinski definition) is 1. The Labute approximate surface area is 268 Å². The number of pyridine rings is 1. The van der Waals surface area contributed by atoms with E-state index in [-0.39, 0.29) is 30.2 Å². The fraction of sp³-hybridized carbons (Fsp3) is 0.406. The molecule has 2 atom stereocenters. The van der Waals surface area contributed by atoms with Gasteiger partial charge in [-0.3, -0.25) is 4.79 Å². The van der Waals surface area contributed by atoms with E-state index in [0.717, 1.165) is 23.8 Å². The lowest BCUT2D eigenvalue weighted by Crippen LogP contribution is -2.59. The van der Waals surface area contributed by atoms with Gasteiger partial charge in [-0.15, -0.1) is 0 Å². The van der Waals surface area contributed by atoms with Gasteiger partial charge in [0.05, 0.1) is 11.3 Å². The van der Waals surface area contributed by atoms with E-state index in [4.69, 9.17) is 4.74 Å². The number of nitrogens with zero attached hydrogens (tertiary/aromatic N) is 4. The molecule has 3 heterocycles. The maximum atomic E-state index is 14.2. The molecule has 0 spiro atoms. The highest BCUT2D eigenvalue weighted by molar-refractivity contribution is 5.94. The number of para-hydroxylation sites is 1. The number of hydrogen-bond acceptors (Lipinski definition) is 6. The quantitative estimate of drug-likeness (QED) is 0.218. The highest BCUT2D eigenvalue weighted by atomic mass is 19.4. The van der Waals surface area contributed by atoms with Crippen LogP contribution in [0.4, 0.5) is 45.3 Å². The first-order valence-corrected chi connectivity index (χ1v) is 14.7. The normalized spacial score (nSPS) is 20.6. The first-order chi connectivity index (χ1) is 22.4. The number of rotatable bonds is 10. The lowest BCUT2D eigenvalue weighted by atomic mass is 9.86. The summed E-state index contributed by atoms with van der Waals surface area (Å²) in [6.45, 7) is 1.85. The Bertz CT molecular complexity index is 1650. The number of aromatic nitrogens is 1. The van der Waals surface area contributed by atoms with Gasteiger partial charge in [0.15, 0.2) is 5.54 Å². The molecule has 2 aromatic carbocycles. The molecule has 0 saturated carbocycles. The minimum absolute atomic E-state index is 0.0119. The van der Waals surface area contributed by atoms with Crippen LogP contribution in [-0.2, 0) is 17.6 Å². The van der Waals surface area contributed by atoms with Crippen LogP contribution >= 0.6 is 0 Å². The van der Waals surface area contributed by atoms with Crippen molar-refractivity contribution in [1.29, 1.82) is 0 Å². The molecule has 0 bridgehead atoms. The molecule has 3 aromatic rings. The van der Waals surface area contributed by atoms with Crippen molar-refractivity contribution in [2.45, 2.75) is 56.4 Å². The highest BCUT2D eigenvalue weighted by Crippen LogP contribution is 2.47. The predicted molar refractivity (Wildman–Crippen MR) is 156 cm³/mol. The number of ether oxygens (including phenoxy) is 1. The Morgan fingerprint density at radius 2 is 1.62 bits per heavy atom. The van der Waals surface area contributed by atoms with Crippen LogP contribution in [0.15, 0.2) is 65.8 Å². The third-order valence-corrected chi connectivity index (χ3v) is 8.49. The molecule has 7 nitrogen and oxygen atoms in total. The van der Waals surface area contributed by atoms with Crippen LogP contribution in [0.25, 0.3) is 11.3 Å². The van der Waals surface area contributed by atoms with Crippen LogP contribution in [0.5, 0.6) is 5.75 Å². The smallest absolute Gasteiger partial charge is 0.419 e. The van der Waals surface area contributed by atoms with Crippen LogP contribution in [0, 0.1) is 5.92 Å². The first kappa shape index (κ1) is 35.0. The second-order valence-electron chi connectivity index (χ2n) is 11.8. The molecule has 1 N–H and O–H groups in total. The van der Waals surface area contributed by atoms with Crippen molar-refractivity contribution in [2.75, 3.05) is 24.6 Å². The van der Waals surface area contributed by atoms with Gasteiger partial charge < -0.3 is 14.7 Å². The number of halogens is 9. The summed E-state index contributed by atoms with van der Waals surface area (Å²) in [6.07, 6.45) is -14.4. The van der Waals surface area contributed by atoms with Crippen molar-refractivity contribution < 1.29 is 54.2 Å².